The summed E-state index contributed by atoms with van der Waals surface area (Å²) < 4.78 is 28.1. The lowest BCUT2D eigenvalue weighted by molar-refractivity contribution is 0.425. The molecule has 5 nitrogen and oxygen atoms in total. The number of likely N-dealkylation sites (N-methyl/N-ethyl adjacent to an activating group) is 1. The molecule has 0 aliphatic carbocycles. The number of aryl methyl sites for hydroxylation is 2. The van der Waals surface area contributed by atoms with Gasteiger partial charge >= 0.3 is 0 Å². The molecule has 0 amide bonds. The van der Waals surface area contributed by atoms with E-state index in [0.717, 1.165) is 23.9 Å². The number of hydrogen-bond acceptors (Lipinski definition) is 4. The fourth-order valence-corrected chi connectivity index (χ4v) is 4.97. The first-order valence-corrected chi connectivity index (χ1v) is 11.1. The molecule has 0 fully saturated rings. The van der Waals surface area contributed by atoms with Gasteiger partial charge in [0.25, 0.3) is 10.0 Å². The molecule has 1 aromatic heterocycles. The van der Waals surface area contributed by atoms with Gasteiger partial charge in [0.2, 0.25) is 0 Å². The largest absolute Gasteiger partial charge is 0.384 e. The zero-order valence-electron chi connectivity index (χ0n) is 16.7. The molecule has 0 bridgehead atoms. The van der Waals surface area contributed by atoms with Crippen LogP contribution in [-0.4, -0.2) is 44.5 Å². The van der Waals surface area contributed by atoms with Crippen molar-refractivity contribution < 1.29 is 8.42 Å². The molecule has 2 aromatic carbocycles. The van der Waals surface area contributed by atoms with Crippen molar-refractivity contribution in [2.75, 3.05) is 32.5 Å². The van der Waals surface area contributed by atoms with Crippen molar-refractivity contribution in [3.63, 3.8) is 0 Å². The van der Waals surface area contributed by atoms with E-state index in [4.69, 9.17) is 11.6 Å². The lowest BCUT2D eigenvalue weighted by atomic mass is 10.1. The van der Waals surface area contributed by atoms with Crippen molar-refractivity contribution in [2.45, 2.75) is 25.2 Å². The van der Waals surface area contributed by atoms with Crippen LogP contribution in [0, 0.1) is 6.92 Å². The van der Waals surface area contributed by atoms with Gasteiger partial charge in [0.1, 0.15) is 0 Å². The molecule has 0 saturated carbocycles. The zero-order valence-corrected chi connectivity index (χ0v) is 18.2. The number of halogens is 1. The van der Waals surface area contributed by atoms with E-state index in [0.29, 0.717) is 22.8 Å². The number of nitrogens with one attached hydrogen (secondary N) is 1. The minimum atomic E-state index is -3.77. The van der Waals surface area contributed by atoms with Crippen molar-refractivity contribution in [1.29, 1.82) is 0 Å². The predicted molar refractivity (Wildman–Crippen MR) is 117 cm³/mol. The molecule has 0 aliphatic rings. The Kier molecular flexibility index (Phi) is 6.03. The fourth-order valence-electron chi connectivity index (χ4n) is 3.18. The summed E-state index contributed by atoms with van der Waals surface area (Å²) in [7, 11) is 0.201. The number of rotatable bonds is 7. The van der Waals surface area contributed by atoms with Gasteiger partial charge in [-0.3, -0.25) is 0 Å². The van der Waals surface area contributed by atoms with Crippen LogP contribution in [0.3, 0.4) is 0 Å². The Balaban J connectivity index is 2.04. The molecule has 0 unspecified atom stereocenters. The van der Waals surface area contributed by atoms with Gasteiger partial charge in [-0.25, -0.2) is 12.4 Å². The second-order valence-electron chi connectivity index (χ2n) is 7.22. The van der Waals surface area contributed by atoms with Crippen molar-refractivity contribution in [1.82, 2.24) is 8.87 Å². The molecular formula is C21H26ClN3O2S. The Bertz CT molecular complexity index is 1100. The second kappa shape index (κ2) is 8.15. The lowest BCUT2D eigenvalue weighted by Crippen LogP contribution is -2.21. The minimum Gasteiger partial charge on any atom is -0.384 e. The molecule has 3 rings (SSSR count). The lowest BCUT2D eigenvalue weighted by Gasteiger charge is -2.14. The van der Waals surface area contributed by atoms with Gasteiger partial charge < -0.3 is 10.2 Å². The summed E-state index contributed by atoms with van der Waals surface area (Å²) in [5.74, 6) is 0. The first kappa shape index (κ1) is 20.7. The number of aromatic nitrogens is 1. The third kappa shape index (κ3) is 4.19. The van der Waals surface area contributed by atoms with Crippen molar-refractivity contribution >= 4 is 38.2 Å². The fraction of sp³-hybridized carbons (Fsp3) is 0.333. The molecule has 3 aromatic rings. The molecule has 28 heavy (non-hydrogen) atoms. The Morgan fingerprint density at radius 3 is 2.57 bits per heavy atom. The zero-order chi connectivity index (χ0) is 20.5. The SMILES string of the molecule is CCc1ccc2c(c1)c(C)cn2S(=O)(=O)c1cc(Cl)cc(NCCN(C)C)c1. The molecule has 0 aliphatic heterocycles. The minimum absolute atomic E-state index is 0.170. The van der Waals surface area contributed by atoms with Gasteiger partial charge in [-0.1, -0.05) is 24.6 Å². The van der Waals surface area contributed by atoms with Crippen molar-refractivity contribution in [3.05, 3.63) is 58.7 Å². The number of nitrogens with zero attached hydrogens (tertiary/aromatic N) is 2. The average Bonchev–Trinajstić information content (AvgIpc) is 2.98. The molecule has 1 heterocycles. The Morgan fingerprint density at radius 1 is 1.14 bits per heavy atom. The normalized spacial score (nSPS) is 12.1. The molecule has 7 heteroatoms. The number of anilines is 1. The average molecular weight is 420 g/mol. The summed E-state index contributed by atoms with van der Waals surface area (Å²) in [6.07, 6.45) is 2.59. The predicted octanol–water partition coefficient (Wildman–Crippen LogP) is 4.38. The van der Waals surface area contributed by atoms with E-state index >= 15 is 0 Å². The van der Waals surface area contributed by atoms with Crippen LogP contribution in [0.1, 0.15) is 18.1 Å². The van der Waals surface area contributed by atoms with Crippen molar-refractivity contribution in [3.8, 4) is 0 Å². The topological polar surface area (TPSA) is 54.3 Å². The Hall–Kier alpha value is -2.02. The van der Waals surface area contributed by atoms with E-state index in [1.54, 1.807) is 18.3 Å². The van der Waals surface area contributed by atoms with E-state index in [1.165, 1.54) is 15.6 Å². The van der Waals surface area contributed by atoms with Crippen LogP contribution < -0.4 is 5.32 Å². The molecular weight excluding hydrogens is 394 g/mol. The quantitative estimate of drug-likeness (QED) is 0.617. The summed E-state index contributed by atoms with van der Waals surface area (Å²) in [4.78, 5) is 2.22. The number of benzene rings is 2. The van der Waals surface area contributed by atoms with Crippen LogP contribution in [0.5, 0.6) is 0 Å². The van der Waals surface area contributed by atoms with Crippen LogP contribution in [0.4, 0.5) is 5.69 Å². The van der Waals surface area contributed by atoms with Gasteiger partial charge in [0.05, 0.1) is 10.4 Å². The van der Waals surface area contributed by atoms with Gasteiger partial charge in [0, 0.05) is 35.4 Å². The Morgan fingerprint density at radius 2 is 1.89 bits per heavy atom. The third-order valence-corrected chi connectivity index (χ3v) is 6.63. The highest BCUT2D eigenvalue weighted by atomic mass is 35.5. The highest BCUT2D eigenvalue weighted by molar-refractivity contribution is 7.90. The molecule has 1 N–H and O–H groups in total. The maximum Gasteiger partial charge on any atom is 0.268 e. The van der Waals surface area contributed by atoms with E-state index in [1.807, 2.05) is 33.2 Å². The molecule has 0 atom stereocenters. The molecule has 0 radical (unpaired) electrons. The van der Waals surface area contributed by atoms with E-state index in [2.05, 4.69) is 23.2 Å². The van der Waals surface area contributed by atoms with Gasteiger partial charge in [-0.05, 0) is 68.9 Å². The number of hydrogen-bond donors (Lipinski definition) is 1. The summed E-state index contributed by atoms with van der Waals surface area (Å²) in [5.41, 5.74) is 3.48. The second-order valence-corrected chi connectivity index (χ2v) is 9.48. The monoisotopic (exact) mass is 419 g/mol. The van der Waals surface area contributed by atoms with Gasteiger partial charge in [0.15, 0.2) is 0 Å². The summed E-state index contributed by atoms with van der Waals surface area (Å²) in [6, 6.07) is 10.8. The van der Waals surface area contributed by atoms with Crippen LogP contribution in [-0.2, 0) is 16.4 Å². The smallest absolute Gasteiger partial charge is 0.268 e. The van der Waals surface area contributed by atoms with E-state index in [9.17, 15) is 8.42 Å². The first-order chi connectivity index (χ1) is 13.2. The van der Waals surface area contributed by atoms with Gasteiger partial charge in [-0.15, -0.1) is 0 Å². The molecule has 0 spiro atoms. The molecule has 150 valence electrons. The number of fused-ring (bicyclic) bond motifs is 1. The summed E-state index contributed by atoms with van der Waals surface area (Å²) in [6.45, 7) is 5.54. The first-order valence-electron chi connectivity index (χ1n) is 9.27. The van der Waals surface area contributed by atoms with Gasteiger partial charge in [-0.2, -0.15) is 0 Å². The van der Waals surface area contributed by atoms with Crippen molar-refractivity contribution in [2.24, 2.45) is 0 Å². The van der Waals surface area contributed by atoms with E-state index in [-0.39, 0.29) is 4.90 Å². The van der Waals surface area contributed by atoms with Crippen LogP contribution >= 0.6 is 11.6 Å². The summed E-state index contributed by atoms with van der Waals surface area (Å²) >= 11 is 6.22. The maximum atomic E-state index is 13.4. The van der Waals surface area contributed by atoms with E-state index < -0.39 is 10.0 Å². The summed E-state index contributed by atoms with van der Waals surface area (Å²) in [5, 5.41) is 4.58. The highest BCUT2D eigenvalue weighted by Crippen LogP contribution is 2.29. The van der Waals surface area contributed by atoms with Crippen LogP contribution in [0.2, 0.25) is 5.02 Å². The standard InChI is InChI=1S/C21H26ClN3O2S/c1-5-16-6-7-21-20(10-16)15(2)14-25(21)28(26,27)19-12-17(22)11-18(13-19)23-8-9-24(3)4/h6-7,10-14,23H,5,8-9H2,1-4H3. The molecule has 0 saturated heterocycles. The Labute approximate surface area is 172 Å². The van der Waals surface area contributed by atoms with Crippen LogP contribution in [0.15, 0.2) is 47.5 Å². The third-order valence-electron chi connectivity index (χ3n) is 4.76. The highest BCUT2D eigenvalue weighted by Gasteiger charge is 2.21. The maximum absolute atomic E-state index is 13.4. The van der Waals surface area contributed by atoms with Crippen LogP contribution in [0.25, 0.3) is 10.9 Å².